The van der Waals surface area contributed by atoms with Gasteiger partial charge in [0.15, 0.2) is 5.78 Å². The van der Waals surface area contributed by atoms with E-state index in [0.29, 0.717) is 19.3 Å². The summed E-state index contributed by atoms with van der Waals surface area (Å²) in [5, 5.41) is 2.61. The molecule has 1 atom stereocenters. The minimum Gasteiger partial charge on any atom is -0.465 e. The van der Waals surface area contributed by atoms with Crippen molar-refractivity contribution in [1.82, 2.24) is 0 Å². The van der Waals surface area contributed by atoms with Gasteiger partial charge in [-0.25, -0.2) is 0 Å². The molecular formula is C27H27NO4. The Morgan fingerprint density at radius 3 is 2.09 bits per heavy atom. The van der Waals surface area contributed by atoms with Crippen LogP contribution >= 0.6 is 0 Å². The van der Waals surface area contributed by atoms with Crippen molar-refractivity contribution in [1.29, 1.82) is 0 Å². The van der Waals surface area contributed by atoms with Gasteiger partial charge in [-0.3, -0.25) is 14.4 Å². The maximum atomic E-state index is 13.0. The number of hydrogen-bond donors (Lipinski definition) is 1. The van der Waals surface area contributed by atoms with Gasteiger partial charge in [-0.2, -0.15) is 0 Å². The Morgan fingerprint density at radius 2 is 1.50 bits per heavy atom. The predicted octanol–water partition coefficient (Wildman–Crippen LogP) is 4.85. The molecule has 1 N–H and O–H groups in total. The van der Waals surface area contributed by atoms with Gasteiger partial charge < -0.3 is 10.1 Å². The van der Waals surface area contributed by atoms with Crippen molar-refractivity contribution in [3.63, 3.8) is 0 Å². The van der Waals surface area contributed by atoms with Crippen LogP contribution in [0.5, 0.6) is 0 Å². The number of anilines is 1. The molecule has 5 heteroatoms. The van der Waals surface area contributed by atoms with Crippen molar-refractivity contribution in [3.8, 4) is 11.1 Å². The lowest BCUT2D eigenvalue weighted by Crippen LogP contribution is -2.28. The zero-order chi connectivity index (χ0) is 22.8. The number of aryl methyl sites for hydroxylation is 1. The molecule has 0 aliphatic carbocycles. The molecule has 0 saturated heterocycles. The summed E-state index contributed by atoms with van der Waals surface area (Å²) in [5.74, 6) is -1.35. The molecule has 32 heavy (non-hydrogen) atoms. The average molecular weight is 430 g/mol. The zero-order valence-corrected chi connectivity index (χ0v) is 18.1. The first-order chi connectivity index (χ1) is 15.6. The molecule has 5 nitrogen and oxygen atoms in total. The Kier molecular flexibility index (Phi) is 8.32. The molecule has 3 aromatic carbocycles. The summed E-state index contributed by atoms with van der Waals surface area (Å²) in [5.41, 5.74) is 4.68. The maximum absolute atomic E-state index is 13.0. The van der Waals surface area contributed by atoms with E-state index in [4.69, 9.17) is 4.74 Å². The molecule has 0 aliphatic heterocycles. The molecule has 0 aromatic heterocycles. The fourth-order valence-electron chi connectivity index (χ4n) is 3.58. The minimum absolute atomic E-state index is 0.128. The van der Waals surface area contributed by atoms with Gasteiger partial charge >= 0.3 is 5.97 Å². The van der Waals surface area contributed by atoms with E-state index in [1.54, 1.807) is 6.92 Å². The number of rotatable bonds is 11. The van der Waals surface area contributed by atoms with E-state index in [1.807, 2.05) is 78.9 Å². The largest absolute Gasteiger partial charge is 0.465 e. The van der Waals surface area contributed by atoms with E-state index in [2.05, 4.69) is 5.32 Å². The second-order valence-electron chi connectivity index (χ2n) is 7.51. The van der Waals surface area contributed by atoms with Crippen LogP contribution < -0.4 is 5.32 Å². The van der Waals surface area contributed by atoms with Crippen molar-refractivity contribution in [2.24, 2.45) is 5.92 Å². The molecule has 0 fully saturated rings. The SMILES string of the molecule is CCOC(=O)C(CCc1ccccc1)C(=O)Cc1ccc(-c2ccc(NC=O)cc2)cc1. The fraction of sp³-hybridized carbons (Fsp3) is 0.222. The highest BCUT2D eigenvalue weighted by molar-refractivity contribution is 6.00. The molecule has 164 valence electrons. The number of hydrogen-bond acceptors (Lipinski definition) is 4. The Balaban J connectivity index is 1.66. The molecule has 1 unspecified atom stereocenters. The molecule has 0 saturated carbocycles. The molecule has 0 aliphatic rings. The van der Waals surface area contributed by atoms with Crippen LogP contribution in [0.15, 0.2) is 78.9 Å². The number of carbonyl (C=O) groups excluding carboxylic acids is 3. The minimum atomic E-state index is -0.771. The molecule has 0 heterocycles. The van der Waals surface area contributed by atoms with Crippen molar-refractivity contribution < 1.29 is 19.1 Å². The first kappa shape index (κ1) is 22.9. The van der Waals surface area contributed by atoms with Crippen LogP contribution in [0, 0.1) is 5.92 Å². The number of carbonyl (C=O) groups is 3. The average Bonchev–Trinajstić information content (AvgIpc) is 2.81. The van der Waals surface area contributed by atoms with E-state index < -0.39 is 11.9 Å². The number of esters is 1. The lowest BCUT2D eigenvalue weighted by Gasteiger charge is -2.15. The smallest absolute Gasteiger partial charge is 0.316 e. The Labute approximate surface area is 188 Å². The fourth-order valence-corrected chi connectivity index (χ4v) is 3.58. The third-order valence-corrected chi connectivity index (χ3v) is 5.30. The van der Waals surface area contributed by atoms with Crippen LogP contribution in [-0.2, 0) is 32.0 Å². The van der Waals surface area contributed by atoms with Gasteiger partial charge in [-0.05, 0) is 54.2 Å². The van der Waals surface area contributed by atoms with Gasteiger partial charge in [0.1, 0.15) is 5.92 Å². The van der Waals surface area contributed by atoms with E-state index in [9.17, 15) is 14.4 Å². The van der Waals surface area contributed by atoms with Crippen molar-refractivity contribution in [2.75, 3.05) is 11.9 Å². The Morgan fingerprint density at radius 1 is 0.875 bits per heavy atom. The van der Waals surface area contributed by atoms with Crippen LogP contribution in [0.3, 0.4) is 0 Å². The summed E-state index contributed by atoms with van der Waals surface area (Å²) in [6.07, 6.45) is 1.90. The highest BCUT2D eigenvalue weighted by atomic mass is 16.5. The predicted molar refractivity (Wildman–Crippen MR) is 125 cm³/mol. The van der Waals surface area contributed by atoms with Gasteiger partial charge in [-0.15, -0.1) is 0 Å². The highest BCUT2D eigenvalue weighted by Crippen LogP contribution is 2.23. The van der Waals surface area contributed by atoms with Gasteiger partial charge in [0.25, 0.3) is 0 Å². The second kappa shape index (κ2) is 11.6. The third-order valence-electron chi connectivity index (χ3n) is 5.30. The topological polar surface area (TPSA) is 72.5 Å². The number of benzene rings is 3. The molecular weight excluding hydrogens is 402 g/mol. The van der Waals surface area contributed by atoms with Crippen LogP contribution in [-0.4, -0.2) is 24.8 Å². The highest BCUT2D eigenvalue weighted by Gasteiger charge is 2.27. The first-order valence-electron chi connectivity index (χ1n) is 10.7. The summed E-state index contributed by atoms with van der Waals surface area (Å²) in [6, 6.07) is 25.1. The second-order valence-corrected chi connectivity index (χ2v) is 7.51. The van der Waals surface area contributed by atoms with Gasteiger partial charge in [0.05, 0.1) is 6.61 Å². The molecule has 3 rings (SSSR count). The molecule has 0 spiro atoms. The van der Waals surface area contributed by atoms with Crippen LogP contribution in [0.1, 0.15) is 24.5 Å². The molecule has 0 bridgehead atoms. The Hall–Kier alpha value is -3.73. The summed E-state index contributed by atoms with van der Waals surface area (Å²) >= 11 is 0. The number of ether oxygens (including phenoxy) is 1. The summed E-state index contributed by atoms with van der Waals surface area (Å²) in [6.45, 7) is 2.00. The normalized spacial score (nSPS) is 11.4. The Bertz CT molecular complexity index is 1030. The van der Waals surface area contributed by atoms with Crippen LogP contribution in [0.4, 0.5) is 5.69 Å². The van der Waals surface area contributed by atoms with Crippen molar-refractivity contribution >= 4 is 23.9 Å². The quantitative estimate of drug-likeness (QED) is 0.269. The number of nitrogens with one attached hydrogen (secondary N) is 1. The molecule has 1 amide bonds. The van der Waals surface area contributed by atoms with Crippen molar-refractivity contribution in [3.05, 3.63) is 90.0 Å². The summed E-state index contributed by atoms with van der Waals surface area (Å²) < 4.78 is 5.17. The molecule has 3 aromatic rings. The number of amides is 1. The van der Waals surface area contributed by atoms with E-state index in [0.717, 1.165) is 27.9 Å². The third kappa shape index (κ3) is 6.38. The van der Waals surface area contributed by atoms with Crippen molar-refractivity contribution in [2.45, 2.75) is 26.2 Å². The number of Topliss-reactive ketones (excluding diaryl/α,β-unsaturated/α-hetero) is 1. The summed E-state index contributed by atoms with van der Waals surface area (Å²) in [4.78, 5) is 35.9. The lowest BCUT2D eigenvalue weighted by molar-refractivity contribution is -0.151. The van der Waals surface area contributed by atoms with Gasteiger partial charge in [0.2, 0.25) is 6.41 Å². The summed E-state index contributed by atoms with van der Waals surface area (Å²) in [7, 11) is 0. The monoisotopic (exact) mass is 429 g/mol. The zero-order valence-electron chi connectivity index (χ0n) is 18.1. The standard InChI is InChI=1S/C27H27NO4/c1-2-32-27(31)25(17-10-20-6-4-3-5-7-20)26(30)18-21-8-11-22(12-9-21)23-13-15-24(16-14-23)28-19-29/h3-9,11-16,19,25H,2,10,17-18H2,1H3,(H,28,29). The van der Waals surface area contributed by atoms with Crippen LogP contribution in [0.2, 0.25) is 0 Å². The number of ketones is 1. The van der Waals surface area contributed by atoms with Gasteiger partial charge in [-0.1, -0.05) is 66.7 Å². The van der Waals surface area contributed by atoms with E-state index >= 15 is 0 Å². The van der Waals surface area contributed by atoms with E-state index in [-0.39, 0.29) is 18.8 Å². The maximum Gasteiger partial charge on any atom is 0.316 e. The lowest BCUT2D eigenvalue weighted by atomic mass is 9.91. The first-order valence-corrected chi connectivity index (χ1v) is 10.7. The van der Waals surface area contributed by atoms with Gasteiger partial charge in [0, 0.05) is 12.1 Å². The van der Waals surface area contributed by atoms with Crippen LogP contribution in [0.25, 0.3) is 11.1 Å². The van der Waals surface area contributed by atoms with E-state index in [1.165, 1.54) is 0 Å². The molecule has 0 radical (unpaired) electrons.